The third kappa shape index (κ3) is 4.02. The zero-order chi connectivity index (χ0) is 17.7. The smallest absolute Gasteiger partial charge is 0.257 e. The van der Waals surface area contributed by atoms with Crippen LogP contribution in [0.5, 0.6) is 5.88 Å². The number of amides is 1. The van der Waals surface area contributed by atoms with E-state index in [1.165, 1.54) is 0 Å². The van der Waals surface area contributed by atoms with Crippen LogP contribution in [-0.2, 0) is 10.3 Å². The van der Waals surface area contributed by atoms with Gasteiger partial charge in [-0.05, 0) is 49.6 Å². The summed E-state index contributed by atoms with van der Waals surface area (Å²) in [5, 5.41) is 3.23. The van der Waals surface area contributed by atoms with Crippen LogP contribution in [-0.4, -0.2) is 30.7 Å². The van der Waals surface area contributed by atoms with Crippen molar-refractivity contribution in [2.24, 2.45) is 0 Å². The highest BCUT2D eigenvalue weighted by molar-refractivity contribution is 9.10. The van der Waals surface area contributed by atoms with Crippen LogP contribution in [0.1, 0.15) is 35.7 Å². The Labute approximate surface area is 155 Å². The van der Waals surface area contributed by atoms with E-state index in [0.29, 0.717) is 31.3 Å². The van der Waals surface area contributed by atoms with E-state index < -0.39 is 5.54 Å². The Morgan fingerprint density at radius 2 is 2.12 bits per heavy atom. The number of halogens is 1. The lowest BCUT2D eigenvalue weighted by atomic mass is 9.82. The second kappa shape index (κ2) is 7.97. The summed E-state index contributed by atoms with van der Waals surface area (Å²) in [6, 6.07) is 11.5. The molecule has 0 radical (unpaired) electrons. The first kappa shape index (κ1) is 17.9. The number of carbonyl (C=O) groups excluding carboxylic acids is 1. The third-order valence-electron chi connectivity index (χ3n) is 4.37. The first-order valence-electron chi connectivity index (χ1n) is 8.39. The number of hydrogen-bond acceptors (Lipinski definition) is 4. The van der Waals surface area contributed by atoms with Crippen LogP contribution in [0, 0.1) is 0 Å². The Hall–Kier alpha value is -1.92. The maximum atomic E-state index is 13.0. The van der Waals surface area contributed by atoms with Crippen LogP contribution in [0.25, 0.3) is 0 Å². The van der Waals surface area contributed by atoms with Crippen LogP contribution < -0.4 is 10.1 Å². The van der Waals surface area contributed by atoms with E-state index in [1.807, 2.05) is 25.1 Å². The Morgan fingerprint density at radius 1 is 1.32 bits per heavy atom. The fourth-order valence-corrected chi connectivity index (χ4v) is 3.49. The average molecular weight is 405 g/mol. The summed E-state index contributed by atoms with van der Waals surface area (Å²) in [6.07, 6.45) is 3.07. The molecule has 5 nitrogen and oxygen atoms in total. The molecule has 2 aromatic rings. The molecule has 0 unspecified atom stereocenters. The van der Waals surface area contributed by atoms with Crippen molar-refractivity contribution in [3.8, 4) is 5.88 Å². The molecule has 2 heterocycles. The predicted octanol–water partition coefficient (Wildman–Crippen LogP) is 3.68. The van der Waals surface area contributed by atoms with Crippen molar-refractivity contribution in [1.29, 1.82) is 0 Å². The number of nitrogens with one attached hydrogen (secondary N) is 1. The number of rotatable bonds is 5. The van der Waals surface area contributed by atoms with E-state index >= 15 is 0 Å². The summed E-state index contributed by atoms with van der Waals surface area (Å²) >= 11 is 3.52. The van der Waals surface area contributed by atoms with E-state index in [2.05, 4.69) is 32.3 Å². The highest BCUT2D eigenvalue weighted by Gasteiger charge is 2.37. The number of carbonyl (C=O) groups is 1. The van der Waals surface area contributed by atoms with Gasteiger partial charge in [-0.25, -0.2) is 4.98 Å². The minimum atomic E-state index is -0.460. The molecule has 0 aliphatic carbocycles. The molecule has 1 aliphatic heterocycles. The van der Waals surface area contributed by atoms with Crippen LogP contribution >= 0.6 is 15.9 Å². The number of aromatic nitrogens is 1. The van der Waals surface area contributed by atoms with Gasteiger partial charge in [0, 0.05) is 23.9 Å². The quantitative estimate of drug-likeness (QED) is 0.825. The number of benzene rings is 1. The zero-order valence-corrected chi connectivity index (χ0v) is 15.7. The number of ether oxygens (including phenoxy) is 2. The molecular formula is C19H21BrN2O3. The average Bonchev–Trinajstić information content (AvgIpc) is 2.63. The maximum absolute atomic E-state index is 13.0. The highest BCUT2D eigenvalue weighted by Crippen LogP contribution is 2.34. The van der Waals surface area contributed by atoms with Gasteiger partial charge in [0.15, 0.2) is 0 Å². The van der Waals surface area contributed by atoms with Crippen molar-refractivity contribution in [2.75, 3.05) is 19.8 Å². The topological polar surface area (TPSA) is 60.5 Å². The van der Waals surface area contributed by atoms with Gasteiger partial charge in [0.05, 0.1) is 12.1 Å². The Kier molecular flexibility index (Phi) is 5.71. The van der Waals surface area contributed by atoms with Crippen molar-refractivity contribution < 1.29 is 14.3 Å². The SMILES string of the molecule is CCOc1ncccc1C(=O)NC1(c2cccc(Br)c2)CCOCC1. The van der Waals surface area contributed by atoms with Crippen molar-refractivity contribution >= 4 is 21.8 Å². The zero-order valence-electron chi connectivity index (χ0n) is 14.1. The Bertz CT molecular complexity index is 745. The molecule has 1 saturated heterocycles. The molecule has 1 amide bonds. The van der Waals surface area contributed by atoms with E-state index in [1.54, 1.807) is 18.3 Å². The fraction of sp³-hybridized carbons (Fsp3) is 0.368. The molecule has 25 heavy (non-hydrogen) atoms. The number of hydrogen-bond donors (Lipinski definition) is 1. The second-order valence-corrected chi connectivity index (χ2v) is 6.86. The van der Waals surface area contributed by atoms with Crippen LogP contribution in [0.2, 0.25) is 0 Å². The van der Waals surface area contributed by atoms with Gasteiger partial charge in [-0.15, -0.1) is 0 Å². The molecule has 1 aromatic carbocycles. The highest BCUT2D eigenvalue weighted by atomic mass is 79.9. The lowest BCUT2D eigenvalue weighted by Crippen LogP contribution is -2.49. The maximum Gasteiger partial charge on any atom is 0.257 e. The summed E-state index contributed by atoms with van der Waals surface area (Å²) in [6.45, 7) is 3.55. The lowest BCUT2D eigenvalue weighted by Gasteiger charge is -2.38. The van der Waals surface area contributed by atoms with Gasteiger partial charge in [-0.2, -0.15) is 0 Å². The molecule has 1 aliphatic rings. The van der Waals surface area contributed by atoms with Crippen LogP contribution in [0.15, 0.2) is 47.1 Å². The third-order valence-corrected chi connectivity index (χ3v) is 4.87. The largest absolute Gasteiger partial charge is 0.477 e. The van der Waals surface area contributed by atoms with E-state index in [4.69, 9.17) is 9.47 Å². The molecule has 3 rings (SSSR count). The molecule has 0 spiro atoms. The van der Waals surface area contributed by atoms with Gasteiger partial charge in [-0.1, -0.05) is 28.1 Å². The molecule has 0 bridgehead atoms. The van der Waals surface area contributed by atoms with Gasteiger partial charge in [0.1, 0.15) is 5.56 Å². The lowest BCUT2D eigenvalue weighted by molar-refractivity contribution is 0.0344. The van der Waals surface area contributed by atoms with Crippen molar-refractivity contribution in [2.45, 2.75) is 25.3 Å². The normalized spacial score (nSPS) is 16.2. The van der Waals surface area contributed by atoms with E-state index in [-0.39, 0.29) is 5.91 Å². The van der Waals surface area contributed by atoms with E-state index in [0.717, 1.165) is 22.9 Å². The molecule has 1 N–H and O–H groups in total. The summed E-state index contributed by atoms with van der Waals surface area (Å²) in [7, 11) is 0. The molecule has 1 aromatic heterocycles. The minimum Gasteiger partial charge on any atom is -0.477 e. The van der Waals surface area contributed by atoms with E-state index in [9.17, 15) is 4.79 Å². The monoisotopic (exact) mass is 404 g/mol. The van der Waals surface area contributed by atoms with Crippen LogP contribution in [0.4, 0.5) is 0 Å². The Morgan fingerprint density at radius 3 is 2.84 bits per heavy atom. The van der Waals surface area contributed by atoms with Crippen molar-refractivity contribution in [3.63, 3.8) is 0 Å². The molecular weight excluding hydrogens is 384 g/mol. The summed E-state index contributed by atoms with van der Waals surface area (Å²) < 4.78 is 12.0. The first-order valence-corrected chi connectivity index (χ1v) is 9.18. The molecule has 6 heteroatoms. The first-order chi connectivity index (χ1) is 12.1. The minimum absolute atomic E-state index is 0.182. The van der Waals surface area contributed by atoms with Crippen molar-refractivity contribution in [3.05, 3.63) is 58.2 Å². The van der Waals surface area contributed by atoms with Crippen molar-refractivity contribution in [1.82, 2.24) is 10.3 Å². The summed E-state index contributed by atoms with van der Waals surface area (Å²) in [5.74, 6) is 0.178. The van der Waals surface area contributed by atoms with Gasteiger partial charge < -0.3 is 14.8 Å². The van der Waals surface area contributed by atoms with Crippen LogP contribution in [0.3, 0.4) is 0 Å². The molecule has 0 atom stereocenters. The fourth-order valence-electron chi connectivity index (χ4n) is 3.09. The summed E-state index contributed by atoms with van der Waals surface area (Å²) in [5.41, 5.74) is 1.06. The molecule has 132 valence electrons. The number of pyridine rings is 1. The van der Waals surface area contributed by atoms with Gasteiger partial charge in [-0.3, -0.25) is 4.79 Å². The second-order valence-electron chi connectivity index (χ2n) is 5.95. The van der Waals surface area contributed by atoms with Gasteiger partial charge in [0.2, 0.25) is 5.88 Å². The standard InChI is InChI=1S/C19H21BrN2O3/c1-2-25-18-16(7-4-10-21-18)17(23)22-19(8-11-24-12-9-19)14-5-3-6-15(20)13-14/h3-7,10,13H,2,8-9,11-12H2,1H3,(H,22,23). The molecule has 0 saturated carbocycles. The Balaban J connectivity index is 1.92. The number of nitrogens with zero attached hydrogens (tertiary/aromatic N) is 1. The van der Waals surface area contributed by atoms with Gasteiger partial charge in [0.25, 0.3) is 5.91 Å². The van der Waals surface area contributed by atoms with Gasteiger partial charge >= 0.3 is 0 Å². The summed E-state index contributed by atoms with van der Waals surface area (Å²) in [4.78, 5) is 17.2. The molecule has 1 fully saturated rings. The predicted molar refractivity (Wildman–Crippen MR) is 98.7 cm³/mol.